The van der Waals surface area contributed by atoms with Crippen LogP contribution in [0.25, 0.3) is 10.2 Å². The van der Waals surface area contributed by atoms with E-state index in [4.69, 9.17) is 10.00 Å². The summed E-state index contributed by atoms with van der Waals surface area (Å²) in [7, 11) is -4.71. The second-order valence-electron chi connectivity index (χ2n) is 7.86. The largest absolute Gasteiger partial charge is 0.492 e. The topological polar surface area (TPSA) is 117 Å². The molecule has 0 spiro atoms. The van der Waals surface area contributed by atoms with Crippen LogP contribution in [0.3, 0.4) is 0 Å². The quantitative estimate of drug-likeness (QED) is 0.0723. The number of anilines is 1. The number of halogens is 1. The van der Waals surface area contributed by atoms with Crippen LogP contribution in [0.1, 0.15) is 11.1 Å². The van der Waals surface area contributed by atoms with Gasteiger partial charge in [-0.15, -0.1) is 9.00 Å². The number of ether oxygens (including phenoxy) is 1. The molecule has 1 heterocycles. The number of thiazole rings is 1. The molecule has 0 amide bonds. The maximum atomic E-state index is 12.9. The number of nitriles is 1. The molecule has 0 saturated carbocycles. The molecule has 0 unspecified atom stereocenters. The van der Waals surface area contributed by atoms with Gasteiger partial charge in [-0.1, -0.05) is 17.4 Å². The smallest absolute Gasteiger partial charge is 0.332 e. The Morgan fingerprint density at radius 1 is 1.16 bits per heavy atom. The van der Waals surface area contributed by atoms with E-state index in [0.29, 0.717) is 30.6 Å². The van der Waals surface area contributed by atoms with Crippen molar-refractivity contribution in [2.24, 2.45) is 10.2 Å². The molecule has 0 atom stereocenters. The second kappa shape index (κ2) is 12.1. The van der Waals surface area contributed by atoms with E-state index in [9.17, 15) is 12.3 Å². The van der Waals surface area contributed by atoms with Gasteiger partial charge in [0.05, 0.1) is 21.7 Å². The fraction of sp³-hybridized carbons (Fsp3) is 0.200. The number of thioether (sulfide) groups is 1. The van der Waals surface area contributed by atoms with Crippen molar-refractivity contribution >= 4 is 54.4 Å². The molecule has 3 aromatic carbocycles. The van der Waals surface area contributed by atoms with Crippen LogP contribution in [-0.4, -0.2) is 33.1 Å². The van der Waals surface area contributed by atoms with Crippen LogP contribution in [0.2, 0.25) is 0 Å². The normalized spacial score (nSPS) is 11.6. The minimum absolute atomic E-state index is 0.354. The van der Waals surface area contributed by atoms with Crippen LogP contribution in [-0.2, 0) is 16.6 Å². The van der Waals surface area contributed by atoms with Crippen molar-refractivity contribution in [3.63, 3.8) is 0 Å². The monoisotopic (exact) mass is 555 g/mol. The summed E-state index contributed by atoms with van der Waals surface area (Å²) in [6.45, 7) is 3.47. The summed E-state index contributed by atoms with van der Waals surface area (Å²) in [5.74, 6) is 0.462. The number of nitrogens with zero attached hydrogens (tertiary/aromatic N) is 4. The average Bonchev–Trinajstić information content (AvgIpc) is 3.27. The summed E-state index contributed by atoms with van der Waals surface area (Å²) in [6.07, 6.45) is 0.747. The third-order valence-corrected chi connectivity index (χ3v) is 7.62. The summed E-state index contributed by atoms with van der Waals surface area (Å²) in [5.41, 5.74) is 4.10. The van der Waals surface area contributed by atoms with E-state index in [-0.39, 0.29) is 0 Å². The number of hydrogen-bond acceptors (Lipinski definition) is 10. The molecule has 1 N–H and O–H groups in total. The Balaban J connectivity index is 1.23. The molecule has 0 saturated heterocycles. The first-order valence-electron chi connectivity index (χ1n) is 11.2. The lowest BCUT2D eigenvalue weighted by Gasteiger charge is -2.11. The zero-order valence-electron chi connectivity index (χ0n) is 19.7. The Kier molecular flexibility index (Phi) is 8.70. The Labute approximate surface area is 222 Å². The number of fused-ring (bicyclic) bond motifs is 1. The first-order chi connectivity index (χ1) is 17.8. The molecule has 4 aromatic rings. The van der Waals surface area contributed by atoms with Gasteiger partial charge in [0.15, 0.2) is 0 Å². The number of hydrogen-bond donors (Lipinski definition) is 1. The van der Waals surface area contributed by atoms with Crippen molar-refractivity contribution in [1.82, 2.24) is 4.98 Å². The van der Waals surface area contributed by atoms with Gasteiger partial charge < -0.3 is 10.1 Å². The van der Waals surface area contributed by atoms with E-state index in [2.05, 4.69) is 38.1 Å². The first kappa shape index (κ1) is 26.5. The molecule has 190 valence electrons. The van der Waals surface area contributed by atoms with Crippen molar-refractivity contribution in [3.05, 3.63) is 71.8 Å². The average molecular weight is 556 g/mol. The van der Waals surface area contributed by atoms with Gasteiger partial charge in [0.1, 0.15) is 17.8 Å². The Morgan fingerprint density at radius 2 is 1.97 bits per heavy atom. The van der Waals surface area contributed by atoms with Crippen LogP contribution in [0, 0.1) is 17.6 Å². The third kappa shape index (κ3) is 7.48. The van der Waals surface area contributed by atoms with Crippen molar-refractivity contribution in [1.29, 1.82) is 5.26 Å². The highest BCUT2D eigenvalue weighted by atomic mass is 32.3. The molecule has 4 rings (SSSR count). The molecule has 12 heteroatoms. The molecule has 0 aliphatic rings. The highest BCUT2D eigenvalue weighted by Crippen LogP contribution is 2.31. The Bertz CT molecular complexity index is 1560. The maximum absolute atomic E-state index is 12.9. The maximum Gasteiger partial charge on any atom is 0.332 e. The van der Waals surface area contributed by atoms with Crippen LogP contribution < -0.4 is 10.1 Å². The predicted molar refractivity (Wildman–Crippen MR) is 144 cm³/mol. The van der Waals surface area contributed by atoms with Crippen LogP contribution in [0.5, 0.6) is 5.75 Å². The van der Waals surface area contributed by atoms with Gasteiger partial charge in [-0.2, -0.15) is 18.8 Å². The molecule has 1 aromatic heterocycles. The number of benzene rings is 3. The lowest BCUT2D eigenvalue weighted by molar-refractivity contribution is 0.332. The van der Waals surface area contributed by atoms with E-state index in [0.717, 1.165) is 44.5 Å². The van der Waals surface area contributed by atoms with Crippen molar-refractivity contribution < 1.29 is 17.0 Å². The highest BCUT2D eigenvalue weighted by molar-refractivity contribution is 8.03. The van der Waals surface area contributed by atoms with Gasteiger partial charge in [0.25, 0.3) is 0 Å². The number of rotatable bonds is 11. The summed E-state index contributed by atoms with van der Waals surface area (Å²) in [4.78, 5) is 4.95. The molecule has 0 fully saturated rings. The van der Waals surface area contributed by atoms with Crippen molar-refractivity contribution in [2.75, 3.05) is 25.0 Å². The van der Waals surface area contributed by atoms with E-state index in [1.807, 2.05) is 31.2 Å². The first-order valence-corrected chi connectivity index (χ1v) is 14.2. The minimum Gasteiger partial charge on any atom is -0.492 e. The van der Waals surface area contributed by atoms with Gasteiger partial charge in [0.2, 0.25) is 5.13 Å². The molecule has 0 bridgehead atoms. The number of thiocyanates is 1. The van der Waals surface area contributed by atoms with Gasteiger partial charge in [-0.25, -0.2) is 4.98 Å². The van der Waals surface area contributed by atoms with E-state index >= 15 is 0 Å². The minimum atomic E-state index is -4.71. The van der Waals surface area contributed by atoms with Gasteiger partial charge in [0, 0.05) is 17.1 Å². The molecule has 0 aliphatic heterocycles. The molecule has 37 heavy (non-hydrogen) atoms. The van der Waals surface area contributed by atoms with Gasteiger partial charge in [-0.3, -0.25) is 0 Å². The summed E-state index contributed by atoms with van der Waals surface area (Å²) < 4.78 is 41.2. The SMILES string of the molecule is Cc1cc(NCCOc2ccc(S(=O)(=O)F)cc2)ccc1CCN=Nc1nc2ccc(SC#N)cc2s1. The molecule has 0 radical (unpaired) electrons. The van der Waals surface area contributed by atoms with Crippen LogP contribution in [0.4, 0.5) is 14.7 Å². The van der Waals surface area contributed by atoms with Gasteiger partial charge >= 0.3 is 10.2 Å². The molecular weight excluding hydrogens is 534 g/mol. The van der Waals surface area contributed by atoms with E-state index < -0.39 is 15.1 Å². The zero-order valence-corrected chi connectivity index (χ0v) is 22.2. The van der Waals surface area contributed by atoms with Crippen molar-refractivity contribution in [3.8, 4) is 11.2 Å². The van der Waals surface area contributed by atoms with Crippen molar-refractivity contribution in [2.45, 2.75) is 23.1 Å². The fourth-order valence-corrected chi connectivity index (χ4v) is 5.28. The van der Waals surface area contributed by atoms with E-state index in [1.54, 1.807) is 0 Å². The van der Waals surface area contributed by atoms with Crippen LogP contribution >= 0.6 is 23.1 Å². The Hall–Kier alpha value is -3.53. The number of aromatic nitrogens is 1. The Morgan fingerprint density at radius 3 is 2.70 bits per heavy atom. The summed E-state index contributed by atoms with van der Waals surface area (Å²) in [6, 6.07) is 17.0. The lowest BCUT2D eigenvalue weighted by atomic mass is 10.1. The molecule has 0 aliphatic carbocycles. The highest BCUT2D eigenvalue weighted by Gasteiger charge is 2.11. The fourth-order valence-electron chi connectivity index (χ4n) is 3.48. The zero-order chi connectivity index (χ0) is 26.3. The standard InChI is InChI=1S/C25H22FN5O3S3/c1-17-14-19(28-12-13-34-20-4-7-22(8-5-20)37(26,32)33)3-2-18(17)10-11-29-31-25-30-23-9-6-21(35-16-27)15-24(23)36-25/h2-9,14-15,28H,10-13H2,1H3. The second-order valence-corrected chi connectivity index (χ2v) is 11.1. The number of aryl methyl sites for hydroxylation is 1. The summed E-state index contributed by atoms with van der Waals surface area (Å²) in [5, 5.41) is 23.3. The number of nitrogens with one attached hydrogen (secondary N) is 1. The van der Waals surface area contributed by atoms with E-state index in [1.165, 1.54) is 41.2 Å². The predicted octanol–water partition coefficient (Wildman–Crippen LogP) is 6.65. The lowest BCUT2D eigenvalue weighted by Crippen LogP contribution is -2.11. The summed E-state index contributed by atoms with van der Waals surface area (Å²) >= 11 is 2.56. The third-order valence-electron chi connectivity index (χ3n) is 5.30. The molecule has 8 nitrogen and oxygen atoms in total. The van der Waals surface area contributed by atoms with Crippen LogP contribution in [0.15, 0.2) is 80.7 Å². The van der Waals surface area contributed by atoms with Gasteiger partial charge in [-0.05, 0) is 90.8 Å². The molecular formula is C25H22FN5O3S3. The number of azo groups is 1.